The van der Waals surface area contributed by atoms with Crippen molar-refractivity contribution in [2.75, 3.05) is 17.1 Å². The molecule has 196 valence electrons. The van der Waals surface area contributed by atoms with Gasteiger partial charge in [-0.3, -0.25) is 13.9 Å². The van der Waals surface area contributed by atoms with Crippen LogP contribution in [0.3, 0.4) is 0 Å². The van der Waals surface area contributed by atoms with Crippen LogP contribution in [0.2, 0.25) is 10.0 Å². The van der Waals surface area contributed by atoms with Gasteiger partial charge in [-0.2, -0.15) is 0 Å². The Kier molecular flexibility index (Phi) is 9.66. The number of anilines is 1. The number of benzene rings is 2. The molecule has 2 aromatic rings. The van der Waals surface area contributed by atoms with E-state index in [4.69, 9.17) is 23.2 Å². The number of aryl methyl sites for hydroxylation is 1. The Balaban J connectivity index is 1.88. The molecular formula is C26H33Cl2N3O4S. The van der Waals surface area contributed by atoms with Crippen molar-refractivity contribution in [2.24, 2.45) is 0 Å². The van der Waals surface area contributed by atoms with Crippen LogP contribution in [0.15, 0.2) is 42.5 Å². The SMILES string of the molecule is CCc1ccc(N(CC(=O)N(Cc2ccc(Cl)c(Cl)c2)[C@H](C)C(=O)NC2CCCC2)S(C)(=O)=O)cc1. The van der Waals surface area contributed by atoms with E-state index < -0.39 is 28.5 Å². The van der Waals surface area contributed by atoms with Crippen molar-refractivity contribution in [3.05, 3.63) is 63.6 Å². The normalized spacial score (nSPS) is 14.9. The van der Waals surface area contributed by atoms with Crippen molar-refractivity contribution in [1.82, 2.24) is 10.2 Å². The molecule has 1 N–H and O–H groups in total. The summed E-state index contributed by atoms with van der Waals surface area (Å²) in [6.45, 7) is 3.29. The van der Waals surface area contributed by atoms with Gasteiger partial charge >= 0.3 is 0 Å². The first-order valence-electron chi connectivity index (χ1n) is 12.1. The maximum Gasteiger partial charge on any atom is 0.244 e. The fourth-order valence-corrected chi connectivity index (χ4v) is 5.49. The van der Waals surface area contributed by atoms with Crippen LogP contribution < -0.4 is 9.62 Å². The average molecular weight is 555 g/mol. The Morgan fingerprint density at radius 3 is 2.19 bits per heavy atom. The molecule has 0 aromatic heterocycles. The van der Waals surface area contributed by atoms with Gasteiger partial charge in [-0.15, -0.1) is 0 Å². The van der Waals surface area contributed by atoms with Crippen LogP contribution >= 0.6 is 23.2 Å². The molecule has 1 fully saturated rings. The highest BCUT2D eigenvalue weighted by atomic mass is 35.5. The Morgan fingerprint density at radius 2 is 1.64 bits per heavy atom. The highest BCUT2D eigenvalue weighted by Crippen LogP contribution is 2.25. The first-order valence-corrected chi connectivity index (χ1v) is 14.7. The molecule has 2 amide bonds. The maximum absolute atomic E-state index is 13.6. The molecule has 0 unspecified atom stereocenters. The Hall–Kier alpha value is -2.29. The van der Waals surface area contributed by atoms with Crippen molar-refractivity contribution in [3.63, 3.8) is 0 Å². The first kappa shape index (κ1) is 28.3. The van der Waals surface area contributed by atoms with Crippen LogP contribution in [0.1, 0.15) is 50.7 Å². The van der Waals surface area contributed by atoms with Crippen molar-refractivity contribution in [3.8, 4) is 0 Å². The third-order valence-corrected chi connectivity index (χ3v) is 8.40. The summed E-state index contributed by atoms with van der Waals surface area (Å²) < 4.78 is 26.4. The third-order valence-electron chi connectivity index (χ3n) is 6.52. The lowest BCUT2D eigenvalue weighted by Gasteiger charge is -2.32. The molecule has 0 aliphatic heterocycles. The van der Waals surface area contributed by atoms with Gasteiger partial charge in [0.2, 0.25) is 21.8 Å². The number of nitrogens with zero attached hydrogens (tertiary/aromatic N) is 2. The van der Waals surface area contributed by atoms with Gasteiger partial charge < -0.3 is 10.2 Å². The van der Waals surface area contributed by atoms with E-state index in [1.54, 1.807) is 37.3 Å². The lowest BCUT2D eigenvalue weighted by atomic mass is 10.1. The first-order chi connectivity index (χ1) is 17.0. The molecule has 0 saturated heterocycles. The zero-order chi connectivity index (χ0) is 26.5. The van der Waals surface area contributed by atoms with Crippen LogP contribution in [0.4, 0.5) is 5.69 Å². The number of amides is 2. The van der Waals surface area contributed by atoms with Gasteiger partial charge in [0.25, 0.3) is 0 Å². The number of carbonyl (C=O) groups excluding carboxylic acids is 2. The lowest BCUT2D eigenvalue weighted by molar-refractivity contribution is -0.139. The summed E-state index contributed by atoms with van der Waals surface area (Å²) in [6.07, 6.45) is 5.82. The molecule has 1 aliphatic rings. The molecule has 0 radical (unpaired) electrons. The van der Waals surface area contributed by atoms with Gasteiger partial charge in [-0.05, 0) is 61.6 Å². The summed E-state index contributed by atoms with van der Waals surface area (Å²) in [5.41, 5.74) is 2.12. The van der Waals surface area contributed by atoms with Crippen LogP contribution in [0.25, 0.3) is 0 Å². The molecule has 10 heteroatoms. The Labute approximate surface area is 223 Å². The molecular weight excluding hydrogens is 521 g/mol. The number of hydrogen-bond donors (Lipinski definition) is 1. The molecule has 1 aliphatic carbocycles. The number of rotatable bonds is 10. The van der Waals surface area contributed by atoms with E-state index >= 15 is 0 Å². The smallest absolute Gasteiger partial charge is 0.244 e. The van der Waals surface area contributed by atoms with E-state index in [-0.39, 0.29) is 18.5 Å². The van der Waals surface area contributed by atoms with Crippen LogP contribution in [0.5, 0.6) is 0 Å². The largest absolute Gasteiger partial charge is 0.352 e. The Bertz CT molecular complexity index is 1180. The standard InChI is InChI=1S/C26H33Cl2N3O4S/c1-4-19-9-12-22(13-10-19)31(36(3,34)35)17-25(32)30(16-20-11-14-23(27)24(28)15-20)18(2)26(33)29-21-7-5-6-8-21/h9-15,18,21H,4-8,16-17H2,1-3H3,(H,29,33)/t18-/m1/s1. The van der Waals surface area contributed by atoms with E-state index in [1.807, 2.05) is 19.1 Å². The van der Waals surface area contributed by atoms with E-state index in [0.717, 1.165) is 48.2 Å². The number of nitrogens with one attached hydrogen (secondary N) is 1. The number of carbonyl (C=O) groups is 2. The summed E-state index contributed by atoms with van der Waals surface area (Å²) >= 11 is 12.2. The van der Waals surface area contributed by atoms with Crippen molar-refractivity contribution in [2.45, 2.75) is 64.6 Å². The fourth-order valence-electron chi connectivity index (χ4n) is 4.32. The van der Waals surface area contributed by atoms with Gasteiger partial charge in [-0.25, -0.2) is 8.42 Å². The number of sulfonamides is 1. The minimum absolute atomic E-state index is 0.0708. The topological polar surface area (TPSA) is 86.8 Å². The zero-order valence-corrected chi connectivity index (χ0v) is 23.2. The molecule has 0 bridgehead atoms. The van der Waals surface area contributed by atoms with E-state index in [2.05, 4.69) is 5.32 Å². The summed E-state index contributed by atoms with van der Waals surface area (Å²) in [5, 5.41) is 3.75. The summed E-state index contributed by atoms with van der Waals surface area (Å²) in [7, 11) is -3.77. The zero-order valence-electron chi connectivity index (χ0n) is 20.8. The summed E-state index contributed by atoms with van der Waals surface area (Å²) in [6, 6.07) is 11.3. The van der Waals surface area contributed by atoms with Gasteiger partial charge in [-0.1, -0.05) is 61.2 Å². The maximum atomic E-state index is 13.6. The van der Waals surface area contributed by atoms with Gasteiger partial charge in [0.1, 0.15) is 12.6 Å². The molecule has 36 heavy (non-hydrogen) atoms. The number of hydrogen-bond acceptors (Lipinski definition) is 4. The highest BCUT2D eigenvalue weighted by Gasteiger charge is 2.31. The minimum Gasteiger partial charge on any atom is -0.352 e. The van der Waals surface area contributed by atoms with Crippen LogP contribution in [0, 0.1) is 0 Å². The van der Waals surface area contributed by atoms with Gasteiger partial charge in [0.05, 0.1) is 22.0 Å². The van der Waals surface area contributed by atoms with Crippen LogP contribution in [-0.4, -0.2) is 50.0 Å². The third kappa shape index (κ3) is 7.37. The molecule has 0 heterocycles. The quantitative estimate of drug-likeness (QED) is 0.457. The summed E-state index contributed by atoms with van der Waals surface area (Å²) in [4.78, 5) is 28.1. The molecule has 7 nitrogen and oxygen atoms in total. The van der Waals surface area contributed by atoms with E-state index in [0.29, 0.717) is 21.3 Å². The van der Waals surface area contributed by atoms with E-state index in [9.17, 15) is 18.0 Å². The minimum atomic E-state index is -3.77. The predicted octanol–water partition coefficient (Wildman–Crippen LogP) is 4.80. The van der Waals surface area contributed by atoms with E-state index in [1.165, 1.54) is 4.90 Å². The average Bonchev–Trinajstić information content (AvgIpc) is 3.35. The Morgan fingerprint density at radius 1 is 1.03 bits per heavy atom. The van der Waals surface area contributed by atoms with Crippen molar-refractivity contribution < 1.29 is 18.0 Å². The second kappa shape index (κ2) is 12.3. The molecule has 2 aromatic carbocycles. The molecule has 3 rings (SSSR count). The highest BCUT2D eigenvalue weighted by molar-refractivity contribution is 7.92. The lowest BCUT2D eigenvalue weighted by Crippen LogP contribution is -2.52. The second-order valence-corrected chi connectivity index (χ2v) is 11.9. The predicted molar refractivity (Wildman–Crippen MR) is 145 cm³/mol. The van der Waals surface area contributed by atoms with Crippen molar-refractivity contribution >= 4 is 50.7 Å². The second-order valence-electron chi connectivity index (χ2n) is 9.23. The van der Waals surface area contributed by atoms with Crippen LogP contribution in [-0.2, 0) is 32.6 Å². The molecule has 1 atom stereocenters. The molecule has 1 saturated carbocycles. The van der Waals surface area contributed by atoms with Gasteiger partial charge in [0.15, 0.2) is 0 Å². The monoisotopic (exact) mass is 553 g/mol. The number of halogens is 2. The summed E-state index contributed by atoms with van der Waals surface area (Å²) in [5.74, 6) is -0.770. The van der Waals surface area contributed by atoms with Gasteiger partial charge in [0, 0.05) is 12.6 Å². The molecule has 0 spiro atoms. The van der Waals surface area contributed by atoms with Crippen molar-refractivity contribution in [1.29, 1.82) is 0 Å². The fraction of sp³-hybridized carbons (Fsp3) is 0.462.